The normalized spacial score (nSPS) is 20.0. The molecule has 1 aromatic rings. The number of carbonyl (C=O) groups excluding carboxylic acids is 1. The number of ether oxygens (including phenoxy) is 1. The van der Waals surface area contributed by atoms with Gasteiger partial charge in [0.1, 0.15) is 5.60 Å². The Morgan fingerprint density at radius 2 is 2.04 bits per heavy atom. The van der Waals surface area contributed by atoms with Gasteiger partial charge in [0, 0.05) is 19.3 Å². The lowest BCUT2D eigenvalue weighted by Crippen LogP contribution is -2.55. The third-order valence-corrected chi connectivity index (χ3v) is 6.38. The molecule has 1 aromatic carbocycles. The van der Waals surface area contributed by atoms with Crippen LogP contribution in [0.4, 0.5) is 5.69 Å². The second-order valence-electron chi connectivity index (χ2n) is 6.15. The molecule has 1 fully saturated rings. The van der Waals surface area contributed by atoms with Gasteiger partial charge in [-0.25, -0.2) is 13.1 Å². The van der Waals surface area contributed by atoms with Crippen molar-refractivity contribution in [2.75, 3.05) is 38.7 Å². The number of methoxy groups -OCH3 is 1. The Labute approximate surface area is 142 Å². The number of amides is 1. The van der Waals surface area contributed by atoms with Crippen molar-refractivity contribution in [2.45, 2.75) is 29.8 Å². The van der Waals surface area contributed by atoms with Crippen LogP contribution in [-0.4, -0.2) is 53.7 Å². The number of hydrogen-bond acceptors (Lipinski definition) is 5. The summed E-state index contributed by atoms with van der Waals surface area (Å²) >= 11 is 0. The second kappa shape index (κ2) is 6.44. The van der Waals surface area contributed by atoms with E-state index in [2.05, 4.69) is 10.0 Å². The van der Waals surface area contributed by atoms with Gasteiger partial charge < -0.3 is 15.0 Å². The molecular weight excluding hydrogens is 330 g/mol. The van der Waals surface area contributed by atoms with Crippen LogP contribution in [0.3, 0.4) is 0 Å². The largest absolute Gasteiger partial charge is 0.368 e. The fraction of sp³-hybridized carbons (Fsp3) is 0.562. The minimum Gasteiger partial charge on any atom is -0.368 e. The predicted molar refractivity (Wildman–Crippen MR) is 90.6 cm³/mol. The average Bonchev–Trinajstić information content (AvgIpc) is 3.04. The first-order valence-corrected chi connectivity index (χ1v) is 9.56. The number of carbonyl (C=O) groups is 1. The Bertz CT molecular complexity index is 742. The summed E-state index contributed by atoms with van der Waals surface area (Å²) in [6.45, 7) is 2.01. The highest BCUT2D eigenvalue weighted by atomic mass is 32.2. The summed E-state index contributed by atoms with van der Waals surface area (Å²) in [4.78, 5) is 15.0. The quantitative estimate of drug-likeness (QED) is 0.810. The van der Waals surface area contributed by atoms with Gasteiger partial charge in [-0.3, -0.25) is 4.79 Å². The van der Waals surface area contributed by atoms with E-state index in [0.29, 0.717) is 25.1 Å². The molecule has 8 heteroatoms. The molecule has 2 aliphatic heterocycles. The molecule has 0 aromatic heterocycles. The molecule has 0 unspecified atom stereocenters. The Kier molecular flexibility index (Phi) is 4.65. The van der Waals surface area contributed by atoms with E-state index in [1.165, 1.54) is 7.05 Å². The van der Waals surface area contributed by atoms with E-state index in [1.807, 2.05) is 0 Å². The van der Waals surface area contributed by atoms with E-state index in [-0.39, 0.29) is 10.8 Å². The number of sulfonamides is 1. The molecule has 7 nitrogen and oxygen atoms in total. The van der Waals surface area contributed by atoms with Crippen LogP contribution in [-0.2, 0) is 26.0 Å². The topological polar surface area (TPSA) is 87.7 Å². The summed E-state index contributed by atoms with van der Waals surface area (Å²) < 4.78 is 32.0. The number of hydrogen-bond donors (Lipinski definition) is 2. The maximum Gasteiger partial charge on any atom is 0.259 e. The molecule has 2 N–H and O–H groups in total. The molecule has 1 amide bonds. The zero-order valence-corrected chi connectivity index (χ0v) is 14.8. The SMILES string of the molecule is CNS(=O)(=O)c1ccc2c(c1)N(C(=O)C1(OC)CCNCC1)CC2. The number of benzene rings is 1. The summed E-state index contributed by atoms with van der Waals surface area (Å²) in [5.74, 6) is -0.0794. The van der Waals surface area contributed by atoms with Crippen LogP contribution in [0.25, 0.3) is 0 Å². The van der Waals surface area contributed by atoms with Gasteiger partial charge in [0.2, 0.25) is 10.0 Å². The Morgan fingerprint density at radius 3 is 2.67 bits per heavy atom. The summed E-state index contributed by atoms with van der Waals surface area (Å²) in [7, 11) is -0.597. The highest BCUT2D eigenvalue weighted by Crippen LogP contribution is 2.35. The van der Waals surface area contributed by atoms with E-state index in [4.69, 9.17) is 4.74 Å². The molecule has 0 radical (unpaired) electrons. The van der Waals surface area contributed by atoms with Gasteiger partial charge >= 0.3 is 0 Å². The van der Waals surface area contributed by atoms with Gasteiger partial charge in [0.25, 0.3) is 5.91 Å². The zero-order chi connectivity index (χ0) is 17.4. The summed E-state index contributed by atoms with van der Waals surface area (Å²) in [5, 5.41) is 3.24. The van der Waals surface area contributed by atoms with Crippen LogP contribution in [0.1, 0.15) is 18.4 Å². The highest BCUT2D eigenvalue weighted by molar-refractivity contribution is 7.89. The third kappa shape index (κ3) is 2.83. The van der Waals surface area contributed by atoms with Crippen LogP contribution in [0, 0.1) is 0 Å². The van der Waals surface area contributed by atoms with Crippen LogP contribution >= 0.6 is 0 Å². The Morgan fingerprint density at radius 1 is 1.33 bits per heavy atom. The van der Waals surface area contributed by atoms with Crippen LogP contribution in [0.2, 0.25) is 0 Å². The average molecular weight is 353 g/mol. The minimum absolute atomic E-state index is 0.0794. The van der Waals surface area contributed by atoms with E-state index in [9.17, 15) is 13.2 Å². The number of nitrogens with zero attached hydrogens (tertiary/aromatic N) is 1. The molecule has 1 saturated heterocycles. The summed E-state index contributed by atoms with van der Waals surface area (Å²) in [5.41, 5.74) is 0.829. The van der Waals surface area contributed by atoms with Gasteiger partial charge in [-0.2, -0.15) is 0 Å². The van der Waals surface area contributed by atoms with Crippen molar-refractivity contribution in [1.82, 2.24) is 10.0 Å². The van der Waals surface area contributed by atoms with Gasteiger partial charge in [0.15, 0.2) is 0 Å². The lowest BCUT2D eigenvalue weighted by atomic mass is 9.90. The first kappa shape index (κ1) is 17.3. The van der Waals surface area contributed by atoms with E-state index in [0.717, 1.165) is 25.1 Å². The molecule has 0 saturated carbocycles. The molecular formula is C16H23N3O4S. The standard InChI is InChI=1S/C16H23N3O4S/c1-17-24(21,22)13-4-3-12-5-10-19(14(12)11-13)15(20)16(23-2)6-8-18-9-7-16/h3-4,11,17-18H,5-10H2,1-2H3. The van der Waals surface area contributed by atoms with Crippen molar-refractivity contribution in [3.05, 3.63) is 23.8 Å². The zero-order valence-electron chi connectivity index (χ0n) is 14.0. The Balaban J connectivity index is 1.96. The lowest BCUT2D eigenvalue weighted by molar-refractivity contribution is -0.143. The van der Waals surface area contributed by atoms with Crippen molar-refractivity contribution in [2.24, 2.45) is 0 Å². The fourth-order valence-electron chi connectivity index (χ4n) is 3.44. The van der Waals surface area contributed by atoms with Crippen LogP contribution < -0.4 is 14.9 Å². The molecule has 0 atom stereocenters. The number of anilines is 1. The van der Waals surface area contributed by atoms with Crippen molar-refractivity contribution >= 4 is 21.6 Å². The first-order chi connectivity index (χ1) is 11.4. The number of fused-ring (bicyclic) bond motifs is 1. The van der Waals surface area contributed by atoms with Gasteiger partial charge in [-0.15, -0.1) is 0 Å². The number of piperidine rings is 1. The van der Waals surface area contributed by atoms with Gasteiger partial charge in [0.05, 0.1) is 4.90 Å². The molecule has 0 aliphatic carbocycles. The smallest absolute Gasteiger partial charge is 0.259 e. The van der Waals surface area contributed by atoms with E-state index in [1.54, 1.807) is 30.2 Å². The summed E-state index contributed by atoms with van der Waals surface area (Å²) in [6.07, 6.45) is 1.95. The number of nitrogens with one attached hydrogen (secondary N) is 2. The van der Waals surface area contributed by atoms with Gasteiger partial charge in [-0.1, -0.05) is 6.07 Å². The molecule has 3 rings (SSSR count). The summed E-state index contributed by atoms with van der Waals surface area (Å²) in [6, 6.07) is 4.94. The molecule has 2 aliphatic rings. The van der Waals surface area contributed by atoms with Crippen molar-refractivity contribution < 1.29 is 17.9 Å². The minimum atomic E-state index is -3.54. The molecule has 0 bridgehead atoms. The maximum atomic E-state index is 13.2. The molecule has 24 heavy (non-hydrogen) atoms. The van der Waals surface area contributed by atoms with Crippen molar-refractivity contribution in [3.63, 3.8) is 0 Å². The number of rotatable bonds is 4. The van der Waals surface area contributed by atoms with Crippen molar-refractivity contribution in [1.29, 1.82) is 0 Å². The first-order valence-electron chi connectivity index (χ1n) is 8.08. The van der Waals surface area contributed by atoms with E-state index >= 15 is 0 Å². The van der Waals surface area contributed by atoms with E-state index < -0.39 is 15.6 Å². The van der Waals surface area contributed by atoms with Crippen molar-refractivity contribution in [3.8, 4) is 0 Å². The second-order valence-corrected chi connectivity index (χ2v) is 8.04. The molecule has 0 spiro atoms. The van der Waals surface area contributed by atoms with Crippen LogP contribution in [0.15, 0.2) is 23.1 Å². The highest BCUT2D eigenvalue weighted by Gasteiger charge is 2.44. The monoisotopic (exact) mass is 353 g/mol. The van der Waals surface area contributed by atoms with Crippen LogP contribution in [0.5, 0.6) is 0 Å². The third-order valence-electron chi connectivity index (χ3n) is 4.97. The fourth-order valence-corrected chi connectivity index (χ4v) is 4.19. The molecule has 2 heterocycles. The lowest BCUT2D eigenvalue weighted by Gasteiger charge is -2.37. The van der Waals surface area contributed by atoms with Gasteiger partial charge in [-0.05, 0) is 57.1 Å². The maximum absolute atomic E-state index is 13.2. The predicted octanol–water partition coefficient (Wildman–Crippen LogP) is 0.252. The Hall–Kier alpha value is -1.48. The molecule has 132 valence electrons.